The molecule has 4 heteroatoms. The lowest BCUT2D eigenvalue weighted by molar-refractivity contribution is -0.131. The predicted octanol–water partition coefficient (Wildman–Crippen LogP) is 6.73. The number of carbonyl (C=O) groups is 1. The van der Waals surface area contributed by atoms with Gasteiger partial charge in [-0.05, 0) is 70.6 Å². The number of methoxy groups -OCH3 is 1. The fourth-order valence-electron chi connectivity index (χ4n) is 4.35. The molecule has 0 aliphatic heterocycles. The molecular weight excluding hydrogens is 400 g/mol. The fourth-order valence-corrected chi connectivity index (χ4v) is 4.35. The summed E-state index contributed by atoms with van der Waals surface area (Å²) in [6.07, 6.45) is 7.26. The van der Waals surface area contributed by atoms with Gasteiger partial charge in [-0.25, -0.2) is 4.79 Å². The highest BCUT2D eigenvalue weighted by atomic mass is 16.7. The third kappa shape index (κ3) is 5.31. The van der Waals surface area contributed by atoms with Crippen LogP contribution in [0.2, 0.25) is 0 Å². The third-order valence-electron chi connectivity index (χ3n) is 6.39. The summed E-state index contributed by atoms with van der Waals surface area (Å²) in [6, 6.07) is 12.8. The van der Waals surface area contributed by atoms with E-state index in [0.29, 0.717) is 5.57 Å². The van der Waals surface area contributed by atoms with E-state index in [1.165, 1.54) is 23.6 Å². The van der Waals surface area contributed by atoms with Gasteiger partial charge in [-0.2, -0.15) is 0 Å². The summed E-state index contributed by atoms with van der Waals surface area (Å²) in [7, 11) is 1.61. The number of fused-ring (bicyclic) bond motifs is 1. The molecule has 0 saturated carbocycles. The first-order chi connectivity index (χ1) is 15.0. The summed E-state index contributed by atoms with van der Waals surface area (Å²) in [5, 5.41) is 8.93. The predicted molar refractivity (Wildman–Crippen MR) is 130 cm³/mol. The molecule has 2 aromatic rings. The minimum absolute atomic E-state index is 0.116. The average molecular weight is 435 g/mol. The highest BCUT2D eigenvalue weighted by molar-refractivity contribution is 5.81. The molecule has 4 nitrogen and oxygen atoms in total. The lowest BCUT2D eigenvalue weighted by atomic mass is 9.63. The van der Waals surface area contributed by atoms with Gasteiger partial charge in [-0.3, -0.25) is 0 Å². The van der Waals surface area contributed by atoms with Crippen LogP contribution in [0.1, 0.15) is 64.2 Å². The molecular formula is C28H34O4. The maximum absolute atomic E-state index is 10.9. The SMILES string of the molecule is COCOc1ccc(C=CC(C)=CC(=O)O)cc1-c1ccc2c(c1)C(C)(C)CCC2(C)C. The Hall–Kier alpha value is -2.85. The Bertz CT molecular complexity index is 1060. The Labute approximate surface area is 191 Å². The van der Waals surface area contributed by atoms with E-state index in [1.807, 2.05) is 18.2 Å². The van der Waals surface area contributed by atoms with Gasteiger partial charge in [-0.15, -0.1) is 0 Å². The Morgan fingerprint density at radius 1 is 1.03 bits per heavy atom. The molecule has 0 heterocycles. The van der Waals surface area contributed by atoms with Crippen LogP contribution in [0, 0.1) is 0 Å². The number of aliphatic carboxylic acids is 1. The summed E-state index contributed by atoms with van der Waals surface area (Å²) < 4.78 is 11.0. The molecule has 1 aliphatic carbocycles. The van der Waals surface area contributed by atoms with E-state index < -0.39 is 5.97 Å². The molecule has 0 radical (unpaired) electrons. The molecule has 0 unspecified atom stereocenters. The number of carboxylic acids is 1. The van der Waals surface area contributed by atoms with Crippen molar-refractivity contribution in [1.29, 1.82) is 0 Å². The van der Waals surface area contributed by atoms with Gasteiger partial charge in [0.15, 0.2) is 6.79 Å². The van der Waals surface area contributed by atoms with Crippen molar-refractivity contribution in [2.75, 3.05) is 13.9 Å². The largest absolute Gasteiger partial charge is 0.478 e. The zero-order valence-corrected chi connectivity index (χ0v) is 20.0. The van der Waals surface area contributed by atoms with Crippen molar-refractivity contribution in [3.8, 4) is 16.9 Å². The van der Waals surface area contributed by atoms with Crippen molar-refractivity contribution in [1.82, 2.24) is 0 Å². The number of allylic oxidation sites excluding steroid dienone is 2. The fraction of sp³-hybridized carbons (Fsp3) is 0.393. The normalized spacial score (nSPS) is 17.2. The van der Waals surface area contributed by atoms with Gasteiger partial charge in [-0.1, -0.05) is 64.1 Å². The molecule has 1 N–H and O–H groups in total. The minimum Gasteiger partial charge on any atom is -0.478 e. The molecule has 1 aliphatic rings. The van der Waals surface area contributed by atoms with E-state index >= 15 is 0 Å². The standard InChI is InChI=1S/C28H34O4/c1-19(15-26(29)30)7-8-20-9-12-25(32-18-31-6)22(16-20)21-10-11-23-24(17-21)28(4,5)14-13-27(23,2)3/h7-12,15-17H,13-14,18H2,1-6H3,(H,29,30). The Morgan fingerprint density at radius 2 is 1.72 bits per heavy atom. The van der Waals surface area contributed by atoms with Gasteiger partial charge in [0.25, 0.3) is 0 Å². The molecule has 0 bridgehead atoms. The first kappa shape index (κ1) is 23.8. The van der Waals surface area contributed by atoms with Gasteiger partial charge < -0.3 is 14.6 Å². The number of ether oxygens (including phenoxy) is 2. The molecule has 32 heavy (non-hydrogen) atoms. The van der Waals surface area contributed by atoms with E-state index in [0.717, 1.165) is 28.9 Å². The van der Waals surface area contributed by atoms with E-state index in [4.69, 9.17) is 14.6 Å². The van der Waals surface area contributed by atoms with Crippen LogP contribution in [0.3, 0.4) is 0 Å². The van der Waals surface area contributed by atoms with Crippen LogP contribution in [0.5, 0.6) is 5.75 Å². The van der Waals surface area contributed by atoms with E-state index in [-0.39, 0.29) is 17.6 Å². The highest BCUT2D eigenvalue weighted by Crippen LogP contribution is 2.47. The monoisotopic (exact) mass is 434 g/mol. The van der Waals surface area contributed by atoms with E-state index in [9.17, 15) is 4.79 Å². The van der Waals surface area contributed by atoms with Crippen molar-refractivity contribution in [2.45, 2.75) is 58.3 Å². The molecule has 0 aromatic heterocycles. The van der Waals surface area contributed by atoms with Gasteiger partial charge >= 0.3 is 5.97 Å². The molecule has 0 saturated heterocycles. The summed E-state index contributed by atoms with van der Waals surface area (Å²) in [4.78, 5) is 10.9. The number of rotatable bonds is 7. The molecule has 3 rings (SSSR count). The highest BCUT2D eigenvalue weighted by Gasteiger charge is 2.37. The van der Waals surface area contributed by atoms with Crippen molar-refractivity contribution in [2.24, 2.45) is 0 Å². The van der Waals surface area contributed by atoms with E-state index in [2.05, 4.69) is 52.0 Å². The number of carboxylic acid groups (broad SMARTS) is 1. The Morgan fingerprint density at radius 3 is 2.38 bits per heavy atom. The van der Waals surface area contributed by atoms with Crippen molar-refractivity contribution in [3.05, 3.63) is 70.8 Å². The molecule has 0 amide bonds. The lowest BCUT2D eigenvalue weighted by Gasteiger charge is -2.42. The molecule has 0 fully saturated rings. The van der Waals surface area contributed by atoms with Crippen molar-refractivity contribution >= 4 is 12.0 Å². The number of benzene rings is 2. The smallest absolute Gasteiger partial charge is 0.328 e. The van der Waals surface area contributed by atoms with E-state index in [1.54, 1.807) is 20.1 Å². The quantitative estimate of drug-likeness (QED) is 0.298. The topological polar surface area (TPSA) is 55.8 Å². The summed E-state index contributed by atoms with van der Waals surface area (Å²) in [6.45, 7) is 11.2. The Kier molecular flexibility index (Phi) is 6.94. The van der Waals surface area contributed by atoms with Crippen LogP contribution in [0.4, 0.5) is 0 Å². The van der Waals surface area contributed by atoms with Crippen LogP contribution in [-0.4, -0.2) is 25.0 Å². The lowest BCUT2D eigenvalue weighted by Crippen LogP contribution is -2.33. The van der Waals surface area contributed by atoms with Crippen molar-refractivity contribution in [3.63, 3.8) is 0 Å². The van der Waals surface area contributed by atoms with Crippen LogP contribution in [-0.2, 0) is 20.4 Å². The van der Waals surface area contributed by atoms with Crippen LogP contribution in [0.15, 0.2) is 54.1 Å². The zero-order chi connectivity index (χ0) is 23.5. The number of hydrogen-bond acceptors (Lipinski definition) is 3. The van der Waals surface area contributed by atoms with Crippen LogP contribution >= 0.6 is 0 Å². The average Bonchev–Trinajstić information content (AvgIpc) is 2.73. The van der Waals surface area contributed by atoms with Gasteiger partial charge in [0, 0.05) is 18.7 Å². The first-order valence-corrected chi connectivity index (χ1v) is 11.0. The van der Waals surface area contributed by atoms with Gasteiger partial charge in [0.1, 0.15) is 5.75 Å². The van der Waals surface area contributed by atoms with Crippen LogP contribution in [0.25, 0.3) is 17.2 Å². The zero-order valence-electron chi connectivity index (χ0n) is 20.0. The second kappa shape index (κ2) is 9.33. The van der Waals surface area contributed by atoms with Gasteiger partial charge in [0.05, 0.1) is 0 Å². The molecule has 0 spiro atoms. The maximum atomic E-state index is 10.9. The number of hydrogen-bond donors (Lipinski definition) is 1. The second-order valence-corrected chi connectivity index (χ2v) is 9.89. The summed E-state index contributed by atoms with van der Waals surface area (Å²) in [5.41, 5.74) is 6.84. The van der Waals surface area contributed by atoms with Crippen LogP contribution < -0.4 is 4.74 Å². The molecule has 2 aromatic carbocycles. The van der Waals surface area contributed by atoms with Gasteiger partial charge in [0.2, 0.25) is 0 Å². The maximum Gasteiger partial charge on any atom is 0.328 e. The Balaban J connectivity index is 2.09. The summed E-state index contributed by atoms with van der Waals surface area (Å²) in [5.74, 6) is -0.189. The summed E-state index contributed by atoms with van der Waals surface area (Å²) >= 11 is 0. The van der Waals surface area contributed by atoms with Crippen molar-refractivity contribution < 1.29 is 19.4 Å². The molecule has 170 valence electrons. The first-order valence-electron chi connectivity index (χ1n) is 11.0. The minimum atomic E-state index is -0.948. The third-order valence-corrected chi connectivity index (χ3v) is 6.39. The second-order valence-electron chi connectivity index (χ2n) is 9.89. The molecule has 0 atom stereocenters.